The number of halogens is 6. The molecule has 0 spiro atoms. The Morgan fingerprint density at radius 3 is 2.38 bits per heavy atom. The first-order chi connectivity index (χ1) is 11.1. The Balaban J connectivity index is 1.85. The predicted octanol–water partition coefficient (Wildman–Crippen LogP) is 4.73. The van der Waals surface area contributed by atoms with Gasteiger partial charge >= 0.3 is 0 Å². The Labute approximate surface area is 168 Å². The number of fused-ring (bicyclic) bond motifs is 1. The largest absolute Gasteiger partial charge is 0.454 e. The number of rotatable bonds is 2. The minimum absolute atomic E-state index is 0.0317. The molecule has 11 heteroatoms. The average Bonchev–Trinajstić information content (AvgIpc) is 2.93. The van der Waals surface area contributed by atoms with E-state index in [0.717, 1.165) is 5.56 Å². The molecule has 0 aromatic heterocycles. The van der Waals surface area contributed by atoms with Crippen molar-refractivity contribution in [2.75, 3.05) is 13.5 Å². The van der Waals surface area contributed by atoms with Gasteiger partial charge in [-0.2, -0.15) is 0 Å². The summed E-state index contributed by atoms with van der Waals surface area (Å²) in [4.78, 5) is 9.93. The zero-order valence-corrected chi connectivity index (χ0v) is 16.3. The summed E-state index contributed by atoms with van der Waals surface area (Å²) in [7, 11) is 0. The van der Waals surface area contributed by atoms with Gasteiger partial charge in [0, 0.05) is 6.54 Å². The van der Waals surface area contributed by atoms with Crippen LogP contribution in [0.15, 0.2) is 28.2 Å². The van der Waals surface area contributed by atoms with E-state index in [1.807, 2.05) is 18.2 Å². The first kappa shape index (κ1) is 18.5. The Hall–Kier alpha value is -0.300. The molecule has 0 radical (unpaired) electrons. The lowest BCUT2D eigenvalue weighted by Gasteiger charge is -2.32. The molecule has 0 aliphatic carbocycles. The predicted molar refractivity (Wildman–Crippen MR) is 98.4 cm³/mol. The highest BCUT2D eigenvalue weighted by Crippen LogP contribution is 2.37. The van der Waals surface area contributed by atoms with E-state index in [4.69, 9.17) is 79.1 Å². The Morgan fingerprint density at radius 1 is 1.00 bits per heavy atom. The van der Waals surface area contributed by atoms with Gasteiger partial charge in [0.05, 0.1) is 0 Å². The SMILES string of the molecule is ClC(Cl)(Cl)C1=NCN(Cc2ccc3c(c2)OCO3)C(C(Cl)(Cl)Cl)=N1. The van der Waals surface area contributed by atoms with Crippen LogP contribution in [-0.4, -0.2) is 37.6 Å². The van der Waals surface area contributed by atoms with Gasteiger partial charge in [0.2, 0.25) is 14.4 Å². The van der Waals surface area contributed by atoms with Crippen LogP contribution in [0.2, 0.25) is 0 Å². The normalized spacial score (nSPS) is 17.7. The third-order valence-corrected chi connectivity index (χ3v) is 4.23. The highest BCUT2D eigenvalue weighted by molar-refractivity contribution is 6.79. The number of benzene rings is 1. The molecule has 0 fully saturated rings. The van der Waals surface area contributed by atoms with E-state index in [-0.39, 0.29) is 25.1 Å². The standard InChI is InChI=1S/C13H9Cl6N3O2/c14-12(15,16)10-20-5-22(11(21-10)13(17,18)19)4-7-1-2-8-9(3-7)24-6-23-8/h1-3H,4-6H2. The van der Waals surface area contributed by atoms with Gasteiger partial charge in [-0.05, 0) is 17.7 Å². The Bertz CT molecular complexity index is 711. The van der Waals surface area contributed by atoms with E-state index in [0.29, 0.717) is 18.0 Å². The van der Waals surface area contributed by atoms with Gasteiger partial charge in [0.15, 0.2) is 23.2 Å². The molecule has 24 heavy (non-hydrogen) atoms. The summed E-state index contributed by atoms with van der Waals surface area (Å²) < 4.78 is 7.04. The van der Waals surface area contributed by atoms with Gasteiger partial charge in [-0.1, -0.05) is 75.7 Å². The monoisotopic (exact) mass is 449 g/mol. The first-order valence-corrected chi connectivity index (χ1v) is 8.82. The number of nitrogens with zero attached hydrogens (tertiary/aromatic N) is 3. The third kappa shape index (κ3) is 4.09. The lowest BCUT2D eigenvalue weighted by atomic mass is 10.2. The molecular weight excluding hydrogens is 443 g/mol. The molecule has 0 saturated carbocycles. The van der Waals surface area contributed by atoms with Crippen molar-refractivity contribution in [3.8, 4) is 11.5 Å². The highest BCUT2D eigenvalue weighted by atomic mass is 35.6. The molecule has 0 amide bonds. The van der Waals surface area contributed by atoms with Crippen molar-refractivity contribution in [1.29, 1.82) is 0 Å². The smallest absolute Gasteiger partial charge is 0.249 e. The first-order valence-electron chi connectivity index (χ1n) is 6.55. The van der Waals surface area contributed by atoms with E-state index >= 15 is 0 Å². The van der Waals surface area contributed by atoms with Crippen molar-refractivity contribution in [1.82, 2.24) is 4.90 Å². The van der Waals surface area contributed by atoms with Crippen molar-refractivity contribution >= 4 is 81.3 Å². The van der Waals surface area contributed by atoms with Gasteiger partial charge < -0.3 is 14.4 Å². The summed E-state index contributed by atoms with van der Waals surface area (Å²) in [5, 5.41) is 0. The summed E-state index contributed by atoms with van der Waals surface area (Å²) in [6.45, 7) is 0.699. The molecule has 0 unspecified atom stereocenters. The summed E-state index contributed by atoms with van der Waals surface area (Å²) in [5.41, 5.74) is 0.897. The van der Waals surface area contributed by atoms with Crippen LogP contribution in [-0.2, 0) is 6.54 Å². The van der Waals surface area contributed by atoms with Crippen LogP contribution in [0, 0.1) is 0 Å². The van der Waals surface area contributed by atoms with Gasteiger partial charge in [-0.15, -0.1) is 0 Å². The minimum atomic E-state index is -1.80. The van der Waals surface area contributed by atoms with Crippen LogP contribution in [0.4, 0.5) is 0 Å². The molecule has 1 aromatic rings. The van der Waals surface area contributed by atoms with Crippen molar-refractivity contribution in [2.24, 2.45) is 9.98 Å². The third-order valence-electron chi connectivity index (χ3n) is 3.22. The number of aliphatic imine (C=N–C) groups is 2. The fourth-order valence-electron chi connectivity index (χ4n) is 2.21. The molecule has 0 bridgehead atoms. The van der Waals surface area contributed by atoms with Crippen molar-refractivity contribution in [3.05, 3.63) is 23.8 Å². The molecule has 0 saturated heterocycles. The fourth-order valence-corrected chi connectivity index (χ4v) is 3.00. The fraction of sp³-hybridized carbons (Fsp3) is 0.385. The number of hydrogen-bond donors (Lipinski definition) is 0. The van der Waals surface area contributed by atoms with Gasteiger partial charge in [-0.25, -0.2) is 9.98 Å². The topological polar surface area (TPSA) is 46.4 Å². The van der Waals surface area contributed by atoms with Gasteiger partial charge in [-0.3, -0.25) is 0 Å². The minimum Gasteiger partial charge on any atom is -0.454 e. The van der Waals surface area contributed by atoms with E-state index in [1.54, 1.807) is 4.90 Å². The second-order valence-electron chi connectivity index (χ2n) is 4.94. The number of alkyl halides is 6. The van der Waals surface area contributed by atoms with Crippen molar-refractivity contribution < 1.29 is 9.47 Å². The Morgan fingerprint density at radius 2 is 1.71 bits per heavy atom. The lowest BCUT2D eigenvalue weighted by Crippen LogP contribution is -2.44. The molecule has 5 nitrogen and oxygen atoms in total. The quantitative estimate of drug-likeness (QED) is 0.611. The molecule has 3 rings (SSSR count). The van der Waals surface area contributed by atoms with Crippen LogP contribution in [0.3, 0.4) is 0 Å². The van der Waals surface area contributed by atoms with E-state index in [1.165, 1.54) is 0 Å². The molecule has 2 aliphatic heterocycles. The maximum absolute atomic E-state index is 6.01. The second-order valence-corrected chi connectivity index (χ2v) is 9.50. The summed E-state index contributed by atoms with van der Waals surface area (Å²) >= 11 is 35.5. The molecule has 130 valence electrons. The maximum Gasteiger partial charge on any atom is 0.249 e. The average molecular weight is 452 g/mol. The van der Waals surface area contributed by atoms with Crippen LogP contribution < -0.4 is 9.47 Å². The zero-order chi connectivity index (χ0) is 17.5. The Kier molecular flexibility index (Phi) is 5.23. The van der Waals surface area contributed by atoms with Crippen LogP contribution in [0.25, 0.3) is 0 Å². The van der Waals surface area contributed by atoms with Gasteiger partial charge in [0.1, 0.15) is 6.67 Å². The number of hydrogen-bond acceptors (Lipinski definition) is 5. The summed E-state index contributed by atoms with van der Waals surface area (Å²) in [5.74, 6) is 1.43. The van der Waals surface area contributed by atoms with Crippen LogP contribution in [0.1, 0.15) is 5.56 Å². The number of ether oxygens (including phenoxy) is 2. The van der Waals surface area contributed by atoms with E-state index in [2.05, 4.69) is 9.98 Å². The second kappa shape index (κ2) is 6.78. The summed E-state index contributed by atoms with van der Waals surface area (Å²) in [6, 6.07) is 5.52. The lowest BCUT2D eigenvalue weighted by molar-refractivity contribution is 0.174. The molecule has 0 atom stereocenters. The van der Waals surface area contributed by atoms with E-state index in [9.17, 15) is 0 Å². The summed E-state index contributed by atoms with van der Waals surface area (Å²) in [6.07, 6.45) is 0. The van der Waals surface area contributed by atoms with Crippen molar-refractivity contribution in [2.45, 2.75) is 14.1 Å². The highest BCUT2D eigenvalue weighted by Gasteiger charge is 2.39. The molecule has 1 aromatic carbocycles. The molecule has 2 heterocycles. The van der Waals surface area contributed by atoms with Crippen LogP contribution in [0.5, 0.6) is 11.5 Å². The molecule has 2 aliphatic rings. The molecular formula is C13H9Cl6N3O2. The molecule has 0 N–H and O–H groups in total. The maximum atomic E-state index is 6.01. The zero-order valence-electron chi connectivity index (χ0n) is 11.8. The number of amidine groups is 2. The van der Waals surface area contributed by atoms with Gasteiger partial charge in [0.25, 0.3) is 0 Å². The van der Waals surface area contributed by atoms with Crippen LogP contribution >= 0.6 is 69.6 Å². The van der Waals surface area contributed by atoms with Crippen molar-refractivity contribution in [3.63, 3.8) is 0 Å². The van der Waals surface area contributed by atoms with E-state index < -0.39 is 7.59 Å².